The average Bonchev–Trinajstić information content (AvgIpc) is 3.08. The van der Waals surface area contributed by atoms with Crippen LogP contribution in [-0.4, -0.2) is 38.8 Å². The summed E-state index contributed by atoms with van der Waals surface area (Å²) >= 11 is 0. The number of pyridine rings is 1. The van der Waals surface area contributed by atoms with Gasteiger partial charge in [0.15, 0.2) is 5.82 Å². The standard InChI is InChI=1S/C23H25N5O/c29-23(28-13-6-1-2-7-14-28)20-15-21(25-17-18-9-8-12-24-16-18)27-22(26-20)19-10-4-3-5-11-19/h3-5,8-12,15-16H,1-2,6-7,13-14,17H2,(H,25,26,27). The Kier molecular flexibility index (Phi) is 6.10. The Labute approximate surface area is 171 Å². The molecule has 4 rings (SSSR count). The first kappa shape index (κ1) is 19.1. The number of carbonyl (C=O) groups excluding carboxylic acids is 1. The molecule has 0 aliphatic carbocycles. The summed E-state index contributed by atoms with van der Waals surface area (Å²) in [6.45, 7) is 2.17. The highest BCUT2D eigenvalue weighted by molar-refractivity contribution is 5.93. The van der Waals surface area contributed by atoms with Crippen LogP contribution in [0.4, 0.5) is 5.82 Å². The second-order valence-electron chi connectivity index (χ2n) is 7.25. The Bertz CT molecular complexity index is 938. The molecule has 148 valence electrons. The van der Waals surface area contributed by atoms with E-state index in [4.69, 9.17) is 0 Å². The number of amides is 1. The Morgan fingerprint density at radius 1 is 0.966 bits per heavy atom. The van der Waals surface area contributed by atoms with Crippen LogP contribution in [0.5, 0.6) is 0 Å². The summed E-state index contributed by atoms with van der Waals surface area (Å²) in [7, 11) is 0. The first-order valence-corrected chi connectivity index (χ1v) is 10.2. The second-order valence-corrected chi connectivity index (χ2v) is 7.25. The van der Waals surface area contributed by atoms with E-state index < -0.39 is 0 Å². The largest absolute Gasteiger partial charge is 0.366 e. The van der Waals surface area contributed by atoms with Gasteiger partial charge in [-0.3, -0.25) is 9.78 Å². The molecule has 0 unspecified atom stereocenters. The van der Waals surface area contributed by atoms with Gasteiger partial charge in [0.05, 0.1) is 0 Å². The highest BCUT2D eigenvalue weighted by Crippen LogP contribution is 2.20. The van der Waals surface area contributed by atoms with Crippen LogP contribution in [0.25, 0.3) is 11.4 Å². The van der Waals surface area contributed by atoms with Crippen LogP contribution in [0.1, 0.15) is 41.7 Å². The summed E-state index contributed by atoms with van der Waals surface area (Å²) in [6.07, 6.45) is 8.03. The summed E-state index contributed by atoms with van der Waals surface area (Å²) in [6, 6.07) is 15.4. The van der Waals surface area contributed by atoms with Gasteiger partial charge in [-0.25, -0.2) is 9.97 Å². The predicted octanol–water partition coefficient (Wildman–Crippen LogP) is 4.17. The molecule has 0 radical (unpaired) electrons. The zero-order chi connectivity index (χ0) is 19.9. The van der Waals surface area contributed by atoms with Gasteiger partial charge in [0.1, 0.15) is 11.5 Å². The lowest BCUT2D eigenvalue weighted by Gasteiger charge is -2.20. The minimum absolute atomic E-state index is 0.0177. The molecular formula is C23H25N5O. The van der Waals surface area contributed by atoms with Crippen molar-refractivity contribution in [3.05, 3.63) is 72.2 Å². The first-order chi connectivity index (χ1) is 14.3. The fraction of sp³-hybridized carbons (Fsp3) is 0.304. The van der Waals surface area contributed by atoms with E-state index in [0.29, 0.717) is 23.9 Å². The Morgan fingerprint density at radius 2 is 1.76 bits per heavy atom. The number of nitrogens with zero attached hydrogens (tertiary/aromatic N) is 4. The topological polar surface area (TPSA) is 71.0 Å². The molecule has 6 heteroatoms. The molecule has 1 fully saturated rings. The molecule has 3 aromatic rings. The van der Waals surface area contributed by atoms with E-state index in [2.05, 4.69) is 20.3 Å². The van der Waals surface area contributed by atoms with Gasteiger partial charge in [-0.2, -0.15) is 0 Å². The number of hydrogen-bond acceptors (Lipinski definition) is 5. The van der Waals surface area contributed by atoms with Gasteiger partial charge in [0.2, 0.25) is 0 Å². The van der Waals surface area contributed by atoms with E-state index in [1.54, 1.807) is 12.3 Å². The zero-order valence-electron chi connectivity index (χ0n) is 16.4. The quantitative estimate of drug-likeness (QED) is 0.712. The molecule has 0 spiro atoms. The maximum atomic E-state index is 13.2. The lowest BCUT2D eigenvalue weighted by Crippen LogP contribution is -2.32. The van der Waals surface area contributed by atoms with Crippen LogP contribution in [0.3, 0.4) is 0 Å². The van der Waals surface area contributed by atoms with E-state index in [9.17, 15) is 4.79 Å². The summed E-state index contributed by atoms with van der Waals surface area (Å²) < 4.78 is 0. The van der Waals surface area contributed by atoms with E-state index in [1.165, 1.54) is 12.8 Å². The Hall–Kier alpha value is -3.28. The fourth-order valence-electron chi connectivity index (χ4n) is 3.49. The summed E-state index contributed by atoms with van der Waals surface area (Å²) in [4.78, 5) is 28.5. The van der Waals surface area contributed by atoms with Crippen molar-refractivity contribution in [1.29, 1.82) is 0 Å². The smallest absolute Gasteiger partial charge is 0.272 e. The lowest BCUT2D eigenvalue weighted by molar-refractivity contribution is 0.0756. The van der Waals surface area contributed by atoms with Crippen molar-refractivity contribution in [2.24, 2.45) is 0 Å². The molecule has 1 saturated heterocycles. The van der Waals surface area contributed by atoms with Gasteiger partial charge < -0.3 is 10.2 Å². The van der Waals surface area contributed by atoms with Gasteiger partial charge in [-0.15, -0.1) is 0 Å². The van der Waals surface area contributed by atoms with E-state index in [0.717, 1.165) is 37.1 Å². The molecule has 29 heavy (non-hydrogen) atoms. The van der Waals surface area contributed by atoms with Crippen molar-refractivity contribution in [3.63, 3.8) is 0 Å². The summed E-state index contributed by atoms with van der Waals surface area (Å²) in [5.41, 5.74) is 2.38. The minimum atomic E-state index is -0.0177. The fourth-order valence-corrected chi connectivity index (χ4v) is 3.49. The van der Waals surface area contributed by atoms with Gasteiger partial charge in [-0.1, -0.05) is 49.2 Å². The first-order valence-electron chi connectivity index (χ1n) is 10.2. The van der Waals surface area contributed by atoms with Gasteiger partial charge in [0.25, 0.3) is 5.91 Å². The number of carbonyl (C=O) groups is 1. The maximum Gasteiger partial charge on any atom is 0.272 e. The molecule has 6 nitrogen and oxygen atoms in total. The molecule has 1 aliphatic rings. The van der Waals surface area contributed by atoms with Crippen molar-refractivity contribution >= 4 is 11.7 Å². The van der Waals surface area contributed by atoms with Crippen LogP contribution in [0.2, 0.25) is 0 Å². The van der Waals surface area contributed by atoms with Gasteiger partial charge >= 0.3 is 0 Å². The monoisotopic (exact) mass is 387 g/mol. The predicted molar refractivity (Wildman–Crippen MR) is 113 cm³/mol. The summed E-state index contributed by atoms with van der Waals surface area (Å²) in [5, 5.41) is 3.32. The SMILES string of the molecule is O=C(c1cc(NCc2cccnc2)nc(-c2ccccc2)n1)N1CCCCCC1. The molecule has 0 bridgehead atoms. The van der Waals surface area contributed by atoms with Crippen molar-refractivity contribution in [3.8, 4) is 11.4 Å². The van der Waals surface area contributed by atoms with Crippen LogP contribution in [-0.2, 0) is 6.54 Å². The number of anilines is 1. The molecule has 0 saturated carbocycles. The van der Waals surface area contributed by atoms with E-state index >= 15 is 0 Å². The van der Waals surface area contributed by atoms with Crippen LogP contribution in [0, 0.1) is 0 Å². The minimum Gasteiger partial charge on any atom is -0.366 e. The number of likely N-dealkylation sites (tertiary alicyclic amines) is 1. The van der Waals surface area contributed by atoms with Gasteiger partial charge in [-0.05, 0) is 24.5 Å². The highest BCUT2D eigenvalue weighted by atomic mass is 16.2. The number of nitrogens with one attached hydrogen (secondary N) is 1. The molecule has 1 aromatic carbocycles. The maximum absolute atomic E-state index is 13.2. The second kappa shape index (κ2) is 9.28. The van der Waals surface area contributed by atoms with Crippen LogP contribution < -0.4 is 5.32 Å². The molecular weight excluding hydrogens is 362 g/mol. The van der Waals surface area contributed by atoms with Crippen LogP contribution in [0.15, 0.2) is 60.9 Å². The number of benzene rings is 1. The average molecular weight is 387 g/mol. The highest BCUT2D eigenvalue weighted by Gasteiger charge is 2.20. The number of rotatable bonds is 5. The Morgan fingerprint density at radius 3 is 2.48 bits per heavy atom. The zero-order valence-corrected chi connectivity index (χ0v) is 16.4. The molecule has 2 aromatic heterocycles. The van der Waals surface area contributed by atoms with Crippen LogP contribution >= 0.6 is 0 Å². The normalized spacial score (nSPS) is 14.3. The number of hydrogen-bond donors (Lipinski definition) is 1. The van der Waals surface area contributed by atoms with Crippen molar-refractivity contribution in [2.75, 3.05) is 18.4 Å². The lowest BCUT2D eigenvalue weighted by atomic mass is 10.2. The molecule has 1 N–H and O–H groups in total. The van der Waals surface area contributed by atoms with E-state index in [-0.39, 0.29) is 5.91 Å². The van der Waals surface area contributed by atoms with Gasteiger partial charge in [0, 0.05) is 43.7 Å². The van der Waals surface area contributed by atoms with Crippen molar-refractivity contribution < 1.29 is 4.79 Å². The molecule has 3 heterocycles. The third-order valence-electron chi connectivity index (χ3n) is 5.07. The summed E-state index contributed by atoms with van der Waals surface area (Å²) in [5.74, 6) is 1.18. The van der Waals surface area contributed by atoms with E-state index in [1.807, 2.05) is 53.6 Å². The number of aromatic nitrogens is 3. The third-order valence-corrected chi connectivity index (χ3v) is 5.07. The van der Waals surface area contributed by atoms with Crippen molar-refractivity contribution in [2.45, 2.75) is 32.2 Å². The molecule has 0 atom stereocenters. The third kappa shape index (κ3) is 4.96. The molecule has 1 amide bonds. The Balaban J connectivity index is 1.63. The molecule has 1 aliphatic heterocycles. The van der Waals surface area contributed by atoms with Crippen molar-refractivity contribution in [1.82, 2.24) is 19.9 Å².